The Bertz CT molecular complexity index is 961. The van der Waals surface area contributed by atoms with Crippen LogP contribution < -0.4 is 16.8 Å². The fourth-order valence-corrected chi connectivity index (χ4v) is 5.63. The second-order valence-electron chi connectivity index (χ2n) is 12.3. The summed E-state index contributed by atoms with van der Waals surface area (Å²) in [4.78, 5) is 19.0. The summed E-state index contributed by atoms with van der Waals surface area (Å²) in [6, 6.07) is -1.49. The molecule has 10 heteroatoms. The average molecular weight is 606 g/mol. The highest BCUT2D eigenvalue weighted by Gasteiger charge is 2.48. The number of aliphatic hydroxyl groups is 1. The van der Waals surface area contributed by atoms with Crippen LogP contribution in [0, 0.1) is 0 Å². The molecule has 2 fully saturated rings. The number of aliphatic imine (C=N–C) groups is 1. The van der Waals surface area contributed by atoms with E-state index in [0.29, 0.717) is 13.0 Å². The summed E-state index contributed by atoms with van der Waals surface area (Å²) in [6.07, 6.45) is 11.3. The Morgan fingerprint density at radius 2 is 1.79 bits per heavy atom. The van der Waals surface area contributed by atoms with Crippen molar-refractivity contribution in [1.29, 1.82) is 0 Å². The summed E-state index contributed by atoms with van der Waals surface area (Å²) in [5.74, 6) is -0.228. The van der Waals surface area contributed by atoms with Crippen molar-refractivity contribution in [2.24, 2.45) is 16.5 Å². The fourth-order valence-electron chi connectivity index (χ4n) is 5.63. The molecule has 6 N–H and O–H groups in total. The molecule has 10 nitrogen and oxygen atoms in total. The first-order valence-corrected chi connectivity index (χ1v) is 15.9. The van der Waals surface area contributed by atoms with E-state index >= 15 is 0 Å². The number of allylic oxidation sites excluding steroid dienone is 6. The predicted octanol–water partition coefficient (Wildman–Crippen LogP) is 3.24. The molecule has 246 valence electrons. The lowest BCUT2D eigenvalue weighted by molar-refractivity contribution is -0.254. The molecule has 1 aliphatic carbocycles. The molecule has 0 radical (unpaired) electrons. The van der Waals surface area contributed by atoms with Gasteiger partial charge in [-0.15, -0.1) is 0 Å². The maximum Gasteiger partial charge on any atom is 0.244 e. The number of rotatable bonds is 16. The van der Waals surface area contributed by atoms with Gasteiger partial charge in [0.05, 0.1) is 24.3 Å². The van der Waals surface area contributed by atoms with Gasteiger partial charge in [-0.05, 0) is 85.3 Å². The second-order valence-corrected chi connectivity index (χ2v) is 12.3. The van der Waals surface area contributed by atoms with E-state index in [1.807, 2.05) is 13.0 Å². The molecule has 0 aromatic rings. The number of likely N-dealkylation sites (N-methyl/N-ethyl adjacent to an activating group) is 2. The van der Waals surface area contributed by atoms with Crippen molar-refractivity contribution in [1.82, 2.24) is 10.2 Å². The van der Waals surface area contributed by atoms with E-state index in [1.54, 1.807) is 20.4 Å². The van der Waals surface area contributed by atoms with E-state index < -0.39 is 36.7 Å². The number of ether oxygens (including phenoxy) is 3. The molecule has 1 saturated carbocycles. The summed E-state index contributed by atoms with van der Waals surface area (Å²) >= 11 is 0. The Balaban J connectivity index is 1.94. The molecular weight excluding hydrogens is 546 g/mol. The van der Waals surface area contributed by atoms with Crippen molar-refractivity contribution < 1.29 is 24.1 Å². The monoisotopic (exact) mass is 605 g/mol. The van der Waals surface area contributed by atoms with Gasteiger partial charge in [-0.1, -0.05) is 35.8 Å². The van der Waals surface area contributed by atoms with Gasteiger partial charge in [0.15, 0.2) is 6.29 Å². The number of carbonyl (C=O) groups excluding carboxylic acids is 1. The smallest absolute Gasteiger partial charge is 0.244 e. The SMILES string of the molecule is CCNCC1CCC(N)[C@@H](O[C@H]2C(N)C[C@H](OC)C(N(C)C(=O)CN=C/C=C(\C)CC/C=C(\C)CCC=C(C)C)[C@@H]2O)O1. The molecule has 1 aliphatic heterocycles. The third-order valence-electron chi connectivity index (χ3n) is 8.36. The van der Waals surface area contributed by atoms with Gasteiger partial charge in [0.2, 0.25) is 5.91 Å². The van der Waals surface area contributed by atoms with E-state index in [9.17, 15) is 9.90 Å². The minimum Gasteiger partial charge on any atom is -0.388 e. The van der Waals surface area contributed by atoms with E-state index in [0.717, 1.165) is 45.1 Å². The highest BCUT2D eigenvalue weighted by atomic mass is 16.7. The third kappa shape index (κ3) is 12.5. The Hall–Kier alpha value is -1.92. The lowest BCUT2D eigenvalue weighted by atomic mass is 9.83. The van der Waals surface area contributed by atoms with Gasteiger partial charge in [0, 0.05) is 33.0 Å². The van der Waals surface area contributed by atoms with Gasteiger partial charge < -0.3 is 41.0 Å². The highest BCUT2D eigenvalue weighted by Crippen LogP contribution is 2.30. The van der Waals surface area contributed by atoms with Gasteiger partial charge in [-0.25, -0.2) is 0 Å². The Morgan fingerprint density at radius 1 is 1.09 bits per heavy atom. The molecule has 0 bridgehead atoms. The van der Waals surface area contributed by atoms with Crippen LogP contribution in [0.15, 0.2) is 39.9 Å². The van der Waals surface area contributed by atoms with Crippen LogP contribution in [0.25, 0.3) is 0 Å². The lowest BCUT2D eigenvalue weighted by Crippen LogP contribution is -2.66. The van der Waals surface area contributed by atoms with E-state index in [-0.39, 0.29) is 24.6 Å². The summed E-state index contributed by atoms with van der Waals surface area (Å²) in [6.45, 7) is 12.1. The van der Waals surface area contributed by atoms with Gasteiger partial charge in [-0.3, -0.25) is 9.79 Å². The number of carbonyl (C=O) groups is 1. The molecular formula is C33H59N5O5. The summed E-state index contributed by atoms with van der Waals surface area (Å²) < 4.78 is 18.0. The van der Waals surface area contributed by atoms with Crippen LogP contribution in [0.4, 0.5) is 0 Å². The predicted molar refractivity (Wildman–Crippen MR) is 174 cm³/mol. The molecule has 0 spiro atoms. The van der Waals surface area contributed by atoms with Crippen LogP contribution in [-0.4, -0.2) is 105 Å². The third-order valence-corrected chi connectivity index (χ3v) is 8.36. The van der Waals surface area contributed by atoms with Gasteiger partial charge >= 0.3 is 0 Å². The maximum atomic E-state index is 13.1. The van der Waals surface area contributed by atoms with Gasteiger partial charge in [-0.2, -0.15) is 0 Å². The molecule has 1 saturated heterocycles. The van der Waals surface area contributed by atoms with Crippen LogP contribution >= 0.6 is 0 Å². The molecule has 4 unspecified atom stereocenters. The largest absolute Gasteiger partial charge is 0.388 e. The van der Waals surface area contributed by atoms with Crippen LogP contribution in [0.5, 0.6) is 0 Å². The number of hydrogen-bond acceptors (Lipinski definition) is 9. The normalized spacial score (nSPS) is 30.5. The van der Waals surface area contributed by atoms with Crippen molar-refractivity contribution in [3.05, 3.63) is 34.9 Å². The van der Waals surface area contributed by atoms with Crippen molar-refractivity contribution in [2.45, 2.75) is 128 Å². The molecule has 2 aliphatic rings. The minimum absolute atomic E-state index is 0.0257. The molecule has 43 heavy (non-hydrogen) atoms. The maximum absolute atomic E-state index is 13.1. The second kappa shape index (κ2) is 19.5. The Kier molecular flexibility index (Phi) is 16.9. The van der Waals surface area contributed by atoms with Crippen LogP contribution in [0.1, 0.15) is 79.6 Å². The zero-order valence-electron chi connectivity index (χ0n) is 27.6. The van der Waals surface area contributed by atoms with Crippen molar-refractivity contribution in [2.75, 3.05) is 33.8 Å². The van der Waals surface area contributed by atoms with Gasteiger partial charge in [0.25, 0.3) is 0 Å². The topological polar surface area (TPSA) is 145 Å². The molecule has 1 amide bonds. The van der Waals surface area contributed by atoms with Crippen molar-refractivity contribution in [3.8, 4) is 0 Å². The number of nitrogens with one attached hydrogen (secondary N) is 1. The van der Waals surface area contributed by atoms with E-state index in [4.69, 9.17) is 25.7 Å². The Labute approximate surface area is 260 Å². The fraction of sp³-hybridized carbons (Fsp3) is 0.758. The van der Waals surface area contributed by atoms with Gasteiger partial charge in [0.1, 0.15) is 18.8 Å². The van der Waals surface area contributed by atoms with Crippen LogP contribution in [-0.2, 0) is 19.0 Å². The zero-order chi connectivity index (χ0) is 31.9. The van der Waals surface area contributed by atoms with E-state index in [1.165, 1.54) is 21.6 Å². The lowest BCUT2D eigenvalue weighted by Gasteiger charge is -2.48. The summed E-state index contributed by atoms with van der Waals surface area (Å²) in [5.41, 5.74) is 16.7. The number of amides is 1. The highest BCUT2D eigenvalue weighted by molar-refractivity contribution is 5.81. The van der Waals surface area contributed by atoms with E-state index in [2.05, 4.69) is 50.2 Å². The zero-order valence-corrected chi connectivity index (χ0v) is 27.6. The summed E-state index contributed by atoms with van der Waals surface area (Å²) in [5, 5.41) is 14.7. The molecule has 0 aromatic heterocycles. The van der Waals surface area contributed by atoms with Crippen molar-refractivity contribution in [3.63, 3.8) is 0 Å². The minimum atomic E-state index is -1.09. The number of hydrogen-bond donors (Lipinski definition) is 4. The Morgan fingerprint density at radius 3 is 2.47 bits per heavy atom. The number of nitrogens with zero attached hydrogens (tertiary/aromatic N) is 2. The standard InChI is InChI=1S/C33H59N5O5/c1-8-36-20-25-15-16-26(34)33(42-25)43-32-27(35)19-28(41-7)30(31(32)40)38(6)29(39)21-37-18-17-24(5)14-10-13-23(4)12-9-11-22(2)3/h11,13,17-18,25-28,30-33,36,40H,8-10,12,14-16,19-21,34-35H2,1-7H3/b23-13+,24-17+,37-18?/t25?,26?,27?,28-,30?,31-,32-,33+/m0/s1. The average Bonchev–Trinajstić information content (AvgIpc) is 2.96. The first-order valence-electron chi connectivity index (χ1n) is 15.9. The summed E-state index contributed by atoms with van der Waals surface area (Å²) in [7, 11) is 3.22. The number of methoxy groups -OCH3 is 1. The molecule has 0 aromatic carbocycles. The first kappa shape index (κ1) is 37.3. The quantitative estimate of drug-likeness (QED) is 0.155. The first-order chi connectivity index (χ1) is 20.5. The molecule has 8 atom stereocenters. The van der Waals surface area contributed by atoms with Crippen LogP contribution in [0.3, 0.4) is 0 Å². The molecule has 1 heterocycles. The number of nitrogens with two attached hydrogens (primary N) is 2. The van der Waals surface area contributed by atoms with Crippen molar-refractivity contribution >= 4 is 12.1 Å². The molecule has 2 rings (SSSR count). The number of aliphatic hydroxyl groups excluding tert-OH is 1. The van der Waals surface area contributed by atoms with Crippen LogP contribution in [0.2, 0.25) is 0 Å².